The summed E-state index contributed by atoms with van der Waals surface area (Å²) in [6.45, 7) is 0. The molecule has 4 N–H and O–H groups in total. The van der Waals surface area contributed by atoms with E-state index in [0.717, 1.165) is 0 Å². The van der Waals surface area contributed by atoms with Crippen molar-refractivity contribution >= 4 is 40.9 Å². The first-order chi connectivity index (χ1) is 3.79. The van der Waals surface area contributed by atoms with Gasteiger partial charge in [-0.3, -0.25) is 0 Å². The molecule has 1 aromatic carbocycles. The van der Waals surface area contributed by atoms with E-state index in [1.165, 1.54) is 0 Å². The van der Waals surface area contributed by atoms with Crippen molar-refractivity contribution in [2.24, 2.45) is 0 Å². The molecule has 0 bridgehead atoms. The van der Waals surface area contributed by atoms with Gasteiger partial charge in [0, 0.05) is 11.4 Å². The number of hydrogen-bond donors (Lipinski definition) is 2. The standard InChI is InChI=1S/C6H8N2.Na.H/c7-5-2-1-3-6(8)4-5;;/h1-4H,7-8H2;;. The van der Waals surface area contributed by atoms with Gasteiger partial charge >= 0.3 is 29.6 Å². The van der Waals surface area contributed by atoms with E-state index in [0.29, 0.717) is 11.4 Å². The summed E-state index contributed by atoms with van der Waals surface area (Å²) >= 11 is 0. The molecule has 3 heteroatoms. The number of anilines is 2. The van der Waals surface area contributed by atoms with Crippen LogP contribution in [0.1, 0.15) is 0 Å². The predicted octanol–water partition coefficient (Wildman–Crippen LogP) is 0.203. The third kappa shape index (κ3) is 2.75. The first kappa shape index (κ1) is 8.82. The number of nitrogens with two attached hydrogens (primary N) is 2. The minimum atomic E-state index is 0. The molecule has 0 fully saturated rings. The molecule has 9 heavy (non-hydrogen) atoms. The van der Waals surface area contributed by atoms with Crippen molar-refractivity contribution in [2.75, 3.05) is 11.5 Å². The van der Waals surface area contributed by atoms with E-state index in [4.69, 9.17) is 11.5 Å². The van der Waals surface area contributed by atoms with Gasteiger partial charge in [-0.2, -0.15) is 0 Å². The summed E-state index contributed by atoms with van der Waals surface area (Å²) in [6, 6.07) is 7.15. The van der Waals surface area contributed by atoms with Gasteiger partial charge in [0.25, 0.3) is 0 Å². The molecular formula is C6H9N2Na. The van der Waals surface area contributed by atoms with Crippen LogP contribution in [0.4, 0.5) is 11.4 Å². The van der Waals surface area contributed by atoms with Crippen molar-refractivity contribution in [2.45, 2.75) is 0 Å². The van der Waals surface area contributed by atoms with Gasteiger partial charge in [0.05, 0.1) is 0 Å². The van der Waals surface area contributed by atoms with Crippen molar-refractivity contribution < 1.29 is 0 Å². The van der Waals surface area contributed by atoms with E-state index in [1.54, 1.807) is 18.2 Å². The van der Waals surface area contributed by atoms with Gasteiger partial charge < -0.3 is 11.5 Å². The average Bonchev–Trinajstić information content (AvgIpc) is 1.64. The summed E-state index contributed by atoms with van der Waals surface area (Å²) < 4.78 is 0. The second kappa shape index (κ2) is 3.77. The van der Waals surface area contributed by atoms with Gasteiger partial charge in [0.1, 0.15) is 0 Å². The average molecular weight is 132 g/mol. The summed E-state index contributed by atoms with van der Waals surface area (Å²) in [5.74, 6) is 0. The molecule has 0 atom stereocenters. The molecule has 0 aromatic heterocycles. The second-order valence-corrected chi connectivity index (χ2v) is 1.67. The summed E-state index contributed by atoms with van der Waals surface area (Å²) in [4.78, 5) is 0. The number of benzene rings is 1. The maximum absolute atomic E-state index is 5.38. The first-order valence-electron chi connectivity index (χ1n) is 2.40. The fourth-order valence-corrected chi connectivity index (χ4v) is 0.559. The van der Waals surface area contributed by atoms with E-state index in [2.05, 4.69) is 0 Å². The molecule has 0 saturated heterocycles. The monoisotopic (exact) mass is 132 g/mol. The van der Waals surface area contributed by atoms with E-state index in [9.17, 15) is 0 Å². The normalized spacial score (nSPS) is 8.00. The van der Waals surface area contributed by atoms with Gasteiger partial charge in [0.2, 0.25) is 0 Å². The van der Waals surface area contributed by atoms with Gasteiger partial charge in [-0.25, -0.2) is 0 Å². The molecule has 0 unspecified atom stereocenters. The Morgan fingerprint density at radius 1 is 1.00 bits per heavy atom. The maximum atomic E-state index is 5.38. The molecule has 0 heterocycles. The van der Waals surface area contributed by atoms with Crippen molar-refractivity contribution in [1.29, 1.82) is 0 Å². The van der Waals surface area contributed by atoms with Crippen molar-refractivity contribution in [3.8, 4) is 0 Å². The van der Waals surface area contributed by atoms with Crippen molar-refractivity contribution in [3.63, 3.8) is 0 Å². The van der Waals surface area contributed by atoms with Crippen LogP contribution >= 0.6 is 0 Å². The zero-order valence-corrected chi connectivity index (χ0v) is 4.46. The van der Waals surface area contributed by atoms with Crippen LogP contribution in [0.3, 0.4) is 0 Å². The zero-order valence-electron chi connectivity index (χ0n) is 4.46. The molecule has 0 spiro atoms. The quantitative estimate of drug-likeness (QED) is 0.391. The van der Waals surface area contributed by atoms with E-state index in [1.807, 2.05) is 6.07 Å². The summed E-state index contributed by atoms with van der Waals surface area (Å²) in [5.41, 5.74) is 12.2. The molecule has 2 nitrogen and oxygen atoms in total. The minimum absolute atomic E-state index is 0. The molecule has 1 aromatic rings. The Morgan fingerprint density at radius 3 is 1.67 bits per heavy atom. The fraction of sp³-hybridized carbons (Fsp3) is 0. The Hall–Kier alpha value is -0.180. The van der Waals surface area contributed by atoms with E-state index < -0.39 is 0 Å². The first-order valence-corrected chi connectivity index (χ1v) is 2.40. The third-order valence-corrected chi connectivity index (χ3v) is 0.911. The van der Waals surface area contributed by atoms with Crippen LogP contribution < -0.4 is 11.5 Å². The second-order valence-electron chi connectivity index (χ2n) is 1.67. The van der Waals surface area contributed by atoms with Crippen LogP contribution in [0.15, 0.2) is 24.3 Å². The van der Waals surface area contributed by atoms with Crippen molar-refractivity contribution in [3.05, 3.63) is 24.3 Å². The van der Waals surface area contributed by atoms with Gasteiger partial charge in [-0.15, -0.1) is 0 Å². The van der Waals surface area contributed by atoms with E-state index in [-0.39, 0.29) is 29.6 Å². The Bertz CT molecular complexity index is 171. The van der Waals surface area contributed by atoms with E-state index >= 15 is 0 Å². The van der Waals surface area contributed by atoms with Crippen LogP contribution in [-0.2, 0) is 0 Å². The summed E-state index contributed by atoms with van der Waals surface area (Å²) in [7, 11) is 0. The molecule has 0 aliphatic carbocycles. The van der Waals surface area contributed by atoms with Gasteiger partial charge in [-0.1, -0.05) is 6.07 Å². The van der Waals surface area contributed by atoms with Crippen LogP contribution in [0.5, 0.6) is 0 Å². The Balaban J connectivity index is 0.000000640. The fourth-order valence-electron chi connectivity index (χ4n) is 0.559. The Labute approximate surface area is 76.5 Å². The van der Waals surface area contributed by atoms with Crippen LogP contribution in [0.2, 0.25) is 0 Å². The predicted molar refractivity (Wildman–Crippen MR) is 42.4 cm³/mol. The van der Waals surface area contributed by atoms with Gasteiger partial charge in [-0.05, 0) is 18.2 Å². The number of nitrogen functional groups attached to an aromatic ring is 2. The SMILES string of the molecule is Nc1cccc(N)c1.[NaH]. The van der Waals surface area contributed by atoms with Gasteiger partial charge in [0.15, 0.2) is 0 Å². The third-order valence-electron chi connectivity index (χ3n) is 0.911. The van der Waals surface area contributed by atoms with Crippen LogP contribution in [0.25, 0.3) is 0 Å². The molecule has 0 saturated carbocycles. The van der Waals surface area contributed by atoms with Crippen LogP contribution in [0, 0.1) is 0 Å². The zero-order chi connectivity index (χ0) is 5.98. The summed E-state index contributed by atoms with van der Waals surface area (Å²) in [6.07, 6.45) is 0. The molecular weight excluding hydrogens is 123 g/mol. The van der Waals surface area contributed by atoms with Crippen LogP contribution in [-0.4, -0.2) is 29.6 Å². The topological polar surface area (TPSA) is 52.0 Å². The van der Waals surface area contributed by atoms with Crippen molar-refractivity contribution in [1.82, 2.24) is 0 Å². The Kier molecular flexibility index (Phi) is 3.70. The molecule has 0 aliphatic heterocycles. The number of rotatable bonds is 0. The Morgan fingerprint density at radius 2 is 1.44 bits per heavy atom. The molecule has 44 valence electrons. The molecule has 0 radical (unpaired) electrons. The summed E-state index contributed by atoms with van der Waals surface area (Å²) in [5, 5.41) is 0. The molecule has 0 aliphatic rings. The molecule has 0 amide bonds. The number of hydrogen-bond acceptors (Lipinski definition) is 2. The molecule has 1 rings (SSSR count).